The van der Waals surface area contributed by atoms with Gasteiger partial charge in [-0.25, -0.2) is 0 Å². The van der Waals surface area contributed by atoms with Crippen LogP contribution in [0.2, 0.25) is 0 Å². The van der Waals surface area contributed by atoms with E-state index in [-0.39, 0.29) is 5.41 Å². The monoisotopic (exact) mass is 276 g/mol. The molecule has 0 aliphatic rings. The standard InChI is InChI=1S/C18H32N2/c1-5-12-20(15-18(3,4)14-19)13-11-16(2)17-9-7-6-8-10-17/h6-10,16H,5,11-15,19H2,1-4H3. The van der Waals surface area contributed by atoms with E-state index in [1.165, 1.54) is 24.9 Å². The predicted molar refractivity (Wildman–Crippen MR) is 89.0 cm³/mol. The van der Waals surface area contributed by atoms with Crippen LogP contribution >= 0.6 is 0 Å². The van der Waals surface area contributed by atoms with Crippen molar-refractivity contribution in [2.24, 2.45) is 11.1 Å². The van der Waals surface area contributed by atoms with Gasteiger partial charge in [-0.05, 0) is 49.4 Å². The van der Waals surface area contributed by atoms with Crippen molar-refractivity contribution in [2.45, 2.75) is 46.5 Å². The van der Waals surface area contributed by atoms with E-state index >= 15 is 0 Å². The minimum absolute atomic E-state index is 0.213. The third kappa shape index (κ3) is 6.06. The summed E-state index contributed by atoms with van der Waals surface area (Å²) in [6.07, 6.45) is 2.42. The molecule has 1 rings (SSSR count). The van der Waals surface area contributed by atoms with Gasteiger partial charge in [-0.15, -0.1) is 0 Å². The highest BCUT2D eigenvalue weighted by Crippen LogP contribution is 2.21. The Labute approximate surface area is 125 Å². The molecular formula is C18H32N2. The maximum absolute atomic E-state index is 5.87. The molecule has 114 valence electrons. The molecule has 0 heterocycles. The summed E-state index contributed by atoms with van der Waals surface area (Å²) in [5.74, 6) is 0.622. The molecule has 1 aromatic carbocycles. The van der Waals surface area contributed by atoms with Gasteiger partial charge in [0.05, 0.1) is 0 Å². The average Bonchev–Trinajstić information content (AvgIpc) is 2.45. The molecule has 0 bridgehead atoms. The maximum Gasteiger partial charge on any atom is 0.00447 e. The molecule has 0 saturated heterocycles. The van der Waals surface area contributed by atoms with E-state index < -0.39 is 0 Å². The van der Waals surface area contributed by atoms with E-state index in [9.17, 15) is 0 Å². The first-order valence-corrected chi connectivity index (χ1v) is 7.96. The molecule has 0 aromatic heterocycles. The van der Waals surface area contributed by atoms with Crippen LogP contribution in [-0.2, 0) is 0 Å². The van der Waals surface area contributed by atoms with E-state index in [1.807, 2.05) is 0 Å². The second-order valence-electron chi connectivity index (χ2n) is 6.74. The van der Waals surface area contributed by atoms with E-state index in [0.29, 0.717) is 5.92 Å². The van der Waals surface area contributed by atoms with Crippen molar-refractivity contribution < 1.29 is 0 Å². The molecule has 0 saturated carbocycles. The Hall–Kier alpha value is -0.860. The summed E-state index contributed by atoms with van der Waals surface area (Å²) in [6.45, 7) is 13.3. The van der Waals surface area contributed by atoms with Crippen LogP contribution in [0.5, 0.6) is 0 Å². The summed E-state index contributed by atoms with van der Waals surface area (Å²) in [4.78, 5) is 2.58. The quantitative estimate of drug-likeness (QED) is 0.741. The van der Waals surface area contributed by atoms with E-state index in [2.05, 4.69) is 62.9 Å². The second-order valence-corrected chi connectivity index (χ2v) is 6.74. The van der Waals surface area contributed by atoms with Crippen LogP contribution in [0, 0.1) is 5.41 Å². The Bertz CT molecular complexity index is 359. The fourth-order valence-corrected chi connectivity index (χ4v) is 2.58. The fraction of sp³-hybridized carbons (Fsp3) is 0.667. The Kier molecular flexibility index (Phi) is 7.25. The summed E-state index contributed by atoms with van der Waals surface area (Å²) >= 11 is 0. The second kappa shape index (κ2) is 8.43. The lowest BCUT2D eigenvalue weighted by molar-refractivity contribution is 0.178. The first-order chi connectivity index (χ1) is 9.48. The molecule has 1 unspecified atom stereocenters. The van der Waals surface area contributed by atoms with Gasteiger partial charge in [-0.2, -0.15) is 0 Å². The highest BCUT2D eigenvalue weighted by atomic mass is 15.1. The molecule has 0 spiro atoms. The van der Waals surface area contributed by atoms with Crippen molar-refractivity contribution in [3.8, 4) is 0 Å². The minimum atomic E-state index is 0.213. The highest BCUT2D eigenvalue weighted by molar-refractivity contribution is 5.18. The van der Waals surface area contributed by atoms with Gasteiger partial charge >= 0.3 is 0 Å². The van der Waals surface area contributed by atoms with E-state index in [0.717, 1.165) is 19.6 Å². The molecule has 20 heavy (non-hydrogen) atoms. The zero-order chi connectivity index (χ0) is 15.0. The predicted octanol–water partition coefficient (Wildman–Crippen LogP) is 3.88. The van der Waals surface area contributed by atoms with Crippen LogP contribution in [0.3, 0.4) is 0 Å². The molecule has 0 fully saturated rings. The Balaban J connectivity index is 2.50. The van der Waals surface area contributed by atoms with Crippen LogP contribution < -0.4 is 5.73 Å². The average molecular weight is 276 g/mol. The van der Waals surface area contributed by atoms with E-state index in [1.54, 1.807) is 0 Å². The third-order valence-corrected chi connectivity index (χ3v) is 3.99. The van der Waals surface area contributed by atoms with Crippen LogP contribution in [0.15, 0.2) is 30.3 Å². The lowest BCUT2D eigenvalue weighted by Crippen LogP contribution is -2.39. The number of hydrogen-bond donors (Lipinski definition) is 1. The maximum atomic E-state index is 5.87. The molecule has 2 heteroatoms. The molecule has 0 aliphatic carbocycles. The SMILES string of the molecule is CCCN(CCC(C)c1ccccc1)CC(C)(C)CN. The largest absolute Gasteiger partial charge is 0.330 e. The lowest BCUT2D eigenvalue weighted by Gasteiger charge is -2.32. The number of benzene rings is 1. The molecular weight excluding hydrogens is 244 g/mol. The van der Waals surface area contributed by atoms with Gasteiger partial charge in [0.25, 0.3) is 0 Å². The van der Waals surface area contributed by atoms with Crippen LogP contribution in [0.25, 0.3) is 0 Å². The summed E-state index contributed by atoms with van der Waals surface area (Å²) in [5.41, 5.74) is 7.53. The molecule has 0 radical (unpaired) electrons. The molecule has 1 atom stereocenters. The van der Waals surface area contributed by atoms with Crippen molar-refractivity contribution in [1.82, 2.24) is 4.90 Å². The fourth-order valence-electron chi connectivity index (χ4n) is 2.58. The van der Waals surface area contributed by atoms with Crippen molar-refractivity contribution in [3.05, 3.63) is 35.9 Å². The van der Waals surface area contributed by atoms with Gasteiger partial charge in [0.1, 0.15) is 0 Å². The molecule has 2 nitrogen and oxygen atoms in total. The molecule has 0 amide bonds. The van der Waals surface area contributed by atoms with Gasteiger partial charge in [0.2, 0.25) is 0 Å². The van der Waals surface area contributed by atoms with Crippen molar-refractivity contribution in [2.75, 3.05) is 26.2 Å². The minimum Gasteiger partial charge on any atom is -0.330 e. The van der Waals surface area contributed by atoms with Crippen LogP contribution in [0.1, 0.15) is 52.0 Å². The van der Waals surface area contributed by atoms with Gasteiger partial charge in [-0.3, -0.25) is 0 Å². The number of rotatable bonds is 9. The normalized spacial score (nSPS) is 13.7. The van der Waals surface area contributed by atoms with Gasteiger partial charge < -0.3 is 10.6 Å². The summed E-state index contributed by atoms with van der Waals surface area (Å²) in [7, 11) is 0. The van der Waals surface area contributed by atoms with Crippen LogP contribution in [-0.4, -0.2) is 31.1 Å². The first-order valence-electron chi connectivity index (χ1n) is 7.96. The Morgan fingerprint density at radius 2 is 1.80 bits per heavy atom. The Morgan fingerprint density at radius 3 is 2.35 bits per heavy atom. The number of nitrogens with two attached hydrogens (primary N) is 1. The smallest absolute Gasteiger partial charge is 0.00447 e. The van der Waals surface area contributed by atoms with Gasteiger partial charge in [-0.1, -0.05) is 58.0 Å². The number of hydrogen-bond acceptors (Lipinski definition) is 2. The van der Waals surface area contributed by atoms with Crippen molar-refractivity contribution >= 4 is 0 Å². The topological polar surface area (TPSA) is 29.3 Å². The van der Waals surface area contributed by atoms with Gasteiger partial charge in [0.15, 0.2) is 0 Å². The van der Waals surface area contributed by atoms with Gasteiger partial charge in [0, 0.05) is 6.54 Å². The first kappa shape index (κ1) is 17.2. The van der Waals surface area contributed by atoms with Crippen LogP contribution in [0.4, 0.5) is 0 Å². The molecule has 1 aromatic rings. The zero-order valence-corrected chi connectivity index (χ0v) is 13.7. The highest BCUT2D eigenvalue weighted by Gasteiger charge is 2.20. The third-order valence-electron chi connectivity index (χ3n) is 3.99. The zero-order valence-electron chi connectivity index (χ0n) is 13.7. The summed E-state index contributed by atoms with van der Waals surface area (Å²) < 4.78 is 0. The lowest BCUT2D eigenvalue weighted by atomic mass is 9.92. The van der Waals surface area contributed by atoms with Crippen molar-refractivity contribution in [1.29, 1.82) is 0 Å². The molecule has 2 N–H and O–H groups in total. The van der Waals surface area contributed by atoms with E-state index in [4.69, 9.17) is 5.73 Å². The van der Waals surface area contributed by atoms with Crippen molar-refractivity contribution in [3.63, 3.8) is 0 Å². The number of nitrogens with zero attached hydrogens (tertiary/aromatic N) is 1. The molecule has 0 aliphatic heterocycles. The Morgan fingerprint density at radius 1 is 1.15 bits per heavy atom. The summed E-state index contributed by atoms with van der Waals surface area (Å²) in [6, 6.07) is 10.8. The summed E-state index contributed by atoms with van der Waals surface area (Å²) in [5, 5.41) is 0.